The van der Waals surface area contributed by atoms with Crippen molar-refractivity contribution in [3.63, 3.8) is 0 Å². The third-order valence-corrected chi connectivity index (χ3v) is 4.93. The van der Waals surface area contributed by atoms with E-state index in [-0.39, 0.29) is 17.1 Å². The lowest BCUT2D eigenvalue weighted by molar-refractivity contribution is -0.253. The summed E-state index contributed by atoms with van der Waals surface area (Å²) in [5, 5.41) is 47.2. The topological polar surface area (TPSA) is 160 Å². The number of ether oxygens (including phenoxy) is 1. The maximum absolute atomic E-state index is 12.3. The number of aliphatic hydroxyl groups excluding tert-OH is 4. The average molecular weight is 389 g/mol. The van der Waals surface area contributed by atoms with E-state index in [1.807, 2.05) is 27.7 Å². The van der Waals surface area contributed by atoms with Gasteiger partial charge in [-0.15, -0.1) is 0 Å². The number of carbonyl (C=O) groups excluding carboxylic acids is 2. The SMILES string of the molecule is CC1(C)CC(NC(=O)C(=O)N[C@H]2C(O)O[C@H](CO)[C@@H](O)[C@@H]2O)CC(C)(C)N1. The van der Waals surface area contributed by atoms with Gasteiger partial charge in [0.2, 0.25) is 0 Å². The zero-order chi connectivity index (χ0) is 20.6. The third-order valence-electron chi connectivity index (χ3n) is 4.93. The Morgan fingerprint density at radius 1 is 1.00 bits per heavy atom. The van der Waals surface area contributed by atoms with Crippen molar-refractivity contribution in [1.29, 1.82) is 0 Å². The van der Waals surface area contributed by atoms with Gasteiger partial charge in [-0.2, -0.15) is 0 Å². The Bertz CT molecular complexity index is 553. The van der Waals surface area contributed by atoms with Crippen molar-refractivity contribution >= 4 is 11.8 Å². The zero-order valence-electron chi connectivity index (χ0n) is 16.1. The predicted molar refractivity (Wildman–Crippen MR) is 94.4 cm³/mol. The summed E-state index contributed by atoms with van der Waals surface area (Å²) in [6.07, 6.45) is -4.71. The minimum absolute atomic E-state index is 0.219. The van der Waals surface area contributed by atoms with Crippen LogP contribution in [0, 0.1) is 0 Å². The molecule has 2 saturated heterocycles. The number of hydrogen-bond acceptors (Lipinski definition) is 8. The van der Waals surface area contributed by atoms with E-state index < -0.39 is 49.1 Å². The predicted octanol–water partition coefficient (Wildman–Crippen LogP) is -2.67. The van der Waals surface area contributed by atoms with Gasteiger partial charge < -0.3 is 41.1 Å². The minimum atomic E-state index is -1.67. The van der Waals surface area contributed by atoms with Crippen molar-refractivity contribution < 1.29 is 34.8 Å². The molecular formula is C17H31N3O7. The fraction of sp³-hybridized carbons (Fsp3) is 0.882. The lowest BCUT2D eigenvalue weighted by Gasteiger charge is -2.46. The van der Waals surface area contributed by atoms with E-state index >= 15 is 0 Å². The van der Waals surface area contributed by atoms with Gasteiger partial charge in [0, 0.05) is 17.1 Å². The monoisotopic (exact) mass is 389 g/mol. The van der Waals surface area contributed by atoms with Crippen LogP contribution in [-0.2, 0) is 14.3 Å². The second-order valence-electron chi connectivity index (χ2n) is 8.70. The van der Waals surface area contributed by atoms with Crippen molar-refractivity contribution in [2.75, 3.05) is 6.61 Å². The number of nitrogens with one attached hydrogen (secondary N) is 3. The highest BCUT2D eigenvalue weighted by molar-refractivity contribution is 6.35. The molecule has 27 heavy (non-hydrogen) atoms. The van der Waals surface area contributed by atoms with Crippen molar-refractivity contribution in [2.45, 2.75) is 88.3 Å². The van der Waals surface area contributed by atoms with Gasteiger partial charge in [0.1, 0.15) is 24.4 Å². The van der Waals surface area contributed by atoms with E-state index in [0.717, 1.165) is 0 Å². The zero-order valence-corrected chi connectivity index (χ0v) is 16.1. The molecule has 0 aliphatic carbocycles. The van der Waals surface area contributed by atoms with Gasteiger partial charge in [-0.3, -0.25) is 9.59 Å². The van der Waals surface area contributed by atoms with Crippen molar-refractivity contribution in [3.05, 3.63) is 0 Å². The van der Waals surface area contributed by atoms with Crippen LogP contribution in [0.2, 0.25) is 0 Å². The molecule has 2 fully saturated rings. The summed E-state index contributed by atoms with van der Waals surface area (Å²) >= 11 is 0. The maximum atomic E-state index is 12.3. The van der Waals surface area contributed by atoms with E-state index in [4.69, 9.17) is 9.84 Å². The molecule has 0 spiro atoms. The highest BCUT2D eigenvalue weighted by Gasteiger charge is 2.45. The molecule has 1 unspecified atom stereocenters. The van der Waals surface area contributed by atoms with E-state index in [0.29, 0.717) is 12.8 Å². The first kappa shape index (κ1) is 22.0. The molecule has 2 rings (SSSR count). The molecule has 2 aliphatic heterocycles. The van der Waals surface area contributed by atoms with Crippen LogP contribution < -0.4 is 16.0 Å². The minimum Gasteiger partial charge on any atom is -0.394 e. The summed E-state index contributed by atoms with van der Waals surface area (Å²) in [7, 11) is 0. The first-order chi connectivity index (χ1) is 12.3. The first-order valence-corrected chi connectivity index (χ1v) is 9.06. The van der Waals surface area contributed by atoms with Crippen LogP contribution in [0.1, 0.15) is 40.5 Å². The van der Waals surface area contributed by atoms with Crippen LogP contribution in [0.4, 0.5) is 0 Å². The largest absolute Gasteiger partial charge is 0.394 e. The van der Waals surface area contributed by atoms with Gasteiger partial charge in [0.15, 0.2) is 6.29 Å². The maximum Gasteiger partial charge on any atom is 0.309 e. The number of rotatable bonds is 3. The van der Waals surface area contributed by atoms with E-state index in [9.17, 15) is 24.9 Å². The lowest BCUT2D eigenvalue weighted by atomic mass is 9.79. The van der Waals surface area contributed by atoms with E-state index in [1.54, 1.807) is 0 Å². The molecule has 0 saturated carbocycles. The molecule has 0 aromatic heterocycles. The summed E-state index contributed by atoms with van der Waals surface area (Å²) in [5.41, 5.74) is -0.438. The molecule has 0 bridgehead atoms. The molecule has 2 aliphatic rings. The van der Waals surface area contributed by atoms with E-state index in [2.05, 4.69) is 16.0 Å². The molecule has 5 atom stereocenters. The Labute approximate surface area is 158 Å². The lowest BCUT2D eigenvalue weighted by Crippen LogP contribution is -2.66. The van der Waals surface area contributed by atoms with Gasteiger partial charge >= 0.3 is 11.8 Å². The number of amides is 2. The second kappa shape index (κ2) is 7.98. The molecule has 0 radical (unpaired) electrons. The summed E-state index contributed by atoms with van der Waals surface area (Å²) in [6, 6.07) is -1.63. The summed E-state index contributed by atoms with van der Waals surface area (Å²) in [6.45, 7) is 7.43. The van der Waals surface area contributed by atoms with E-state index in [1.165, 1.54) is 0 Å². The normalized spacial score (nSPS) is 36.1. The van der Waals surface area contributed by atoms with Crippen LogP contribution in [-0.4, -0.2) is 86.6 Å². The van der Waals surface area contributed by atoms with Crippen molar-refractivity contribution in [1.82, 2.24) is 16.0 Å². The number of aliphatic hydroxyl groups is 4. The van der Waals surface area contributed by atoms with Crippen LogP contribution >= 0.6 is 0 Å². The Hall–Kier alpha value is -1.30. The molecule has 0 aromatic rings. The number of piperidine rings is 1. The summed E-state index contributed by atoms with van der Waals surface area (Å²) in [5.74, 6) is -1.95. The number of hydrogen-bond donors (Lipinski definition) is 7. The molecular weight excluding hydrogens is 358 g/mol. The van der Waals surface area contributed by atoms with Gasteiger partial charge in [-0.1, -0.05) is 0 Å². The van der Waals surface area contributed by atoms with Crippen LogP contribution in [0.5, 0.6) is 0 Å². The molecule has 156 valence electrons. The molecule has 2 heterocycles. The van der Waals surface area contributed by atoms with Gasteiger partial charge in [0.25, 0.3) is 0 Å². The Morgan fingerprint density at radius 2 is 1.52 bits per heavy atom. The quantitative estimate of drug-likeness (QED) is 0.257. The fourth-order valence-electron chi connectivity index (χ4n) is 4.15. The van der Waals surface area contributed by atoms with Crippen LogP contribution in [0.25, 0.3) is 0 Å². The van der Waals surface area contributed by atoms with Gasteiger partial charge in [0.05, 0.1) is 6.61 Å². The highest BCUT2D eigenvalue weighted by Crippen LogP contribution is 2.28. The van der Waals surface area contributed by atoms with Crippen LogP contribution in [0.15, 0.2) is 0 Å². The molecule has 10 nitrogen and oxygen atoms in total. The summed E-state index contributed by atoms with van der Waals surface area (Å²) in [4.78, 5) is 24.5. The second-order valence-corrected chi connectivity index (χ2v) is 8.70. The third kappa shape index (κ3) is 5.37. The molecule has 7 N–H and O–H groups in total. The molecule has 0 aromatic carbocycles. The smallest absolute Gasteiger partial charge is 0.309 e. The number of carbonyl (C=O) groups is 2. The fourth-order valence-corrected chi connectivity index (χ4v) is 4.15. The first-order valence-electron chi connectivity index (χ1n) is 9.06. The van der Waals surface area contributed by atoms with Crippen molar-refractivity contribution in [3.8, 4) is 0 Å². The highest BCUT2D eigenvalue weighted by atomic mass is 16.6. The Balaban J connectivity index is 1.96. The molecule has 10 heteroatoms. The van der Waals surface area contributed by atoms with Crippen molar-refractivity contribution in [2.24, 2.45) is 0 Å². The Kier molecular flexibility index (Phi) is 6.50. The van der Waals surface area contributed by atoms with Crippen LogP contribution in [0.3, 0.4) is 0 Å². The molecule has 2 amide bonds. The van der Waals surface area contributed by atoms with Gasteiger partial charge in [-0.05, 0) is 40.5 Å². The standard InChI is InChI=1S/C17H31N3O7/c1-16(2)5-8(6-17(3,4)20-16)18-13(24)14(25)19-10-12(23)11(22)9(7-21)27-15(10)26/h8-12,15,20-23,26H,5-7H2,1-4H3,(H,18,24)(H,19,25)/t9-,10-,11-,12-,15?/m1/s1. The summed E-state index contributed by atoms with van der Waals surface area (Å²) < 4.78 is 4.96. The Morgan fingerprint density at radius 3 is 2.04 bits per heavy atom. The van der Waals surface area contributed by atoms with Gasteiger partial charge in [-0.25, -0.2) is 0 Å². The average Bonchev–Trinajstić information content (AvgIpc) is 2.51.